The van der Waals surface area contributed by atoms with Crippen molar-refractivity contribution >= 4 is 5.97 Å². The lowest BCUT2D eigenvalue weighted by Crippen LogP contribution is -2.46. The van der Waals surface area contributed by atoms with Crippen LogP contribution in [0.25, 0.3) is 0 Å². The summed E-state index contributed by atoms with van der Waals surface area (Å²) in [5.74, 6) is -0.0971. The molecular formula is C10H18N2O2. The molecule has 3 atom stereocenters. The summed E-state index contributed by atoms with van der Waals surface area (Å²) in [5.41, 5.74) is 0. The Kier molecular flexibility index (Phi) is 2.74. The van der Waals surface area contributed by atoms with Gasteiger partial charge in [-0.3, -0.25) is 9.69 Å². The average molecular weight is 198 g/mol. The van der Waals surface area contributed by atoms with Crippen LogP contribution < -0.4 is 5.32 Å². The topological polar surface area (TPSA) is 41.6 Å². The lowest BCUT2D eigenvalue weighted by Gasteiger charge is -2.28. The summed E-state index contributed by atoms with van der Waals surface area (Å²) < 4.78 is 4.72. The fraction of sp³-hybridized carbons (Fsp3) is 0.900. The van der Waals surface area contributed by atoms with Gasteiger partial charge in [-0.2, -0.15) is 0 Å². The monoisotopic (exact) mass is 198 g/mol. The molecule has 4 nitrogen and oxygen atoms in total. The molecule has 2 rings (SSSR count). The molecule has 2 bridgehead atoms. The zero-order chi connectivity index (χ0) is 10.1. The number of carbonyl (C=O) groups is 1. The first-order chi connectivity index (χ1) is 6.70. The van der Waals surface area contributed by atoms with E-state index >= 15 is 0 Å². The molecule has 0 aromatic rings. The summed E-state index contributed by atoms with van der Waals surface area (Å²) in [6.07, 6.45) is 1.24. The van der Waals surface area contributed by atoms with E-state index in [0.29, 0.717) is 12.1 Å². The zero-order valence-corrected chi connectivity index (χ0v) is 8.82. The molecule has 0 aliphatic carbocycles. The van der Waals surface area contributed by atoms with Gasteiger partial charge in [-0.15, -0.1) is 0 Å². The molecule has 0 aromatic heterocycles. The van der Waals surface area contributed by atoms with E-state index in [9.17, 15) is 4.79 Å². The fourth-order valence-corrected chi connectivity index (χ4v) is 2.50. The summed E-state index contributed by atoms with van der Waals surface area (Å²) in [4.78, 5) is 13.6. The van der Waals surface area contributed by atoms with Crippen LogP contribution in [0.5, 0.6) is 0 Å². The Labute approximate surface area is 84.6 Å². The first-order valence-corrected chi connectivity index (χ1v) is 5.26. The molecule has 0 aromatic carbocycles. The standard InChI is InChI=1S/C10H18N2O2/c1-7(10(13)14-2)5-12-6-8-3-9(12)4-11-8/h7-9,11H,3-6H2,1-2H3. The van der Waals surface area contributed by atoms with Crippen molar-refractivity contribution in [3.05, 3.63) is 0 Å². The van der Waals surface area contributed by atoms with Crippen molar-refractivity contribution in [1.82, 2.24) is 10.2 Å². The van der Waals surface area contributed by atoms with Gasteiger partial charge < -0.3 is 10.1 Å². The zero-order valence-electron chi connectivity index (χ0n) is 8.82. The Morgan fingerprint density at radius 3 is 3.00 bits per heavy atom. The van der Waals surface area contributed by atoms with Gasteiger partial charge in [-0.25, -0.2) is 0 Å². The van der Waals surface area contributed by atoms with Gasteiger partial charge >= 0.3 is 5.97 Å². The van der Waals surface area contributed by atoms with Gasteiger partial charge in [0.25, 0.3) is 0 Å². The van der Waals surface area contributed by atoms with Crippen LogP contribution in [0.2, 0.25) is 0 Å². The van der Waals surface area contributed by atoms with Crippen LogP contribution in [0.3, 0.4) is 0 Å². The van der Waals surface area contributed by atoms with Gasteiger partial charge in [0.2, 0.25) is 0 Å². The highest BCUT2D eigenvalue weighted by atomic mass is 16.5. The van der Waals surface area contributed by atoms with Gasteiger partial charge in [0, 0.05) is 31.7 Å². The molecule has 2 aliphatic heterocycles. The predicted octanol–water partition coefficient (Wildman–Crippen LogP) is -0.158. The Morgan fingerprint density at radius 1 is 1.71 bits per heavy atom. The number of ether oxygens (including phenoxy) is 1. The maximum Gasteiger partial charge on any atom is 0.309 e. The molecule has 0 saturated carbocycles. The third kappa shape index (κ3) is 1.77. The Balaban J connectivity index is 1.83. The minimum atomic E-state index is -0.0965. The molecule has 4 heteroatoms. The minimum Gasteiger partial charge on any atom is -0.469 e. The number of rotatable bonds is 3. The molecule has 14 heavy (non-hydrogen) atoms. The molecular weight excluding hydrogens is 180 g/mol. The Bertz CT molecular complexity index is 232. The van der Waals surface area contributed by atoms with Crippen molar-refractivity contribution in [2.75, 3.05) is 26.7 Å². The Morgan fingerprint density at radius 2 is 2.50 bits per heavy atom. The molecule has 2 aliphatic rings. The van der Waals surface area contributed by atoms with Crippen LogP contribution in [0.15, 0.2) is 0 Å². The second kappa shape index (κ2) is 3.87. The van der Waals surface area contributed by atoms with Crippen LogP contribution >= 0.6 is 0 Å². The number of hydrogen-bond donors (Lipinski definition) is 1. The summed E-state index contributed by atoms with van der Waals surface area (Å²) in [6.45, 7) is 4.95. The highest BCUT2D eigenvalue weighted by Gasteiger charge is 2.38. The lowest BCUT2D eigenvalue weighted by atomic mass is 10.1. The lowest BCUT2D eigenvalue weighted by molar-refractivity contribution is -0.145. The normalized spacial score (nSPS) is 33.3. The first-order valence-electron chi connectivity index (χ1n) is 5.26. The van der Waals surface area contributed by atoms with Gasteiger partial charge in [0.1, 0.15) is 0 Å². The molecule has 2 saturated heterocycles. The number of hydrogen-bond acceptors (Lipinski definition) is 4. The van der Waals surface area contributed by atoms with Crippen LogP contribution in [0, 0.1) is 5.92 Å². The van der Waals surface area contributed by atoms with Crippen molar-refractivity contribution in [2.45, 2.75) is 25.4 Å². The van der Waals surface area contributed by atoms with Crippen molar-refractivity contribution in [1.29, 1.82) is 0 Å². The molecule has 80 valence electrons. The summed E-state index contributed by atoms with van der Waals surface area (Å²) >= 11 is 0. The number of esters is 1. The molecule has 2 heterocycles. The number of likely N-dealkylation sites (tertiary alicyclic amines) is 1. The molecule has 1 N–H and O–H groups in total. The van der Waals surface area contributed by atoms with E-state index in [1.807, 2.05) is 6.92 Å². The highest BCUT2D eigenvalue weighted by Crippen LogP contribution is 2.24. The number of methoxy groups -OCH3 is 1. The van der Waals surface area contributed by atoms with Crippen LogP contribution in [-0.4, -0.2) is 49.7 Å². The third-order valence-electron chi connectivity index (χ3n) is 3.28. The second-order valence-corrected chi connectivity index (χ2v) is 4.37. The highest BCUT2D eigenvalue weighted by molar-refractivity contribution is 5.72. The van der Waals surface area contributed by atoms with Crippen molar-refractivity contribution in [3.8, 4) is 0 Å². The van der Waals surface area contributed by atoms with Gasteiger partial charge in [0.15, 0.2) is 0 Å². The summed E-state index contributed by atoms with van der Waals surface area (Å²) in [6, 6.07) is 1.30. The number of nitrogens with one attached hydrogen (secondary N) is 1. The van der Waals surface area contributed by atoms with E-state index in [1.165, 1.54) is 13.5 Å². The molecule has 0 radical (unpaired) electrons. The number of nitrogens with zero attached hydrogens (tertiary/aromatic N) is 1. The van der Waals surface area contributed by atoms with Crippen LogP contribution in [0.4, 0.5) is 0 Å². The van der Waals surface area contributed by atoms with Crippen molar-refractivity contribution in [3.63, 3.8) is 0 Å². The summed E-state index contributed by atoms with van der Waals surface area (Å²) in [5, 5.41) is 3.44. The van der Waals surface area contributed by atoms with E-state index in [2.05, 4.69) is 10.2 Å². The van der Waals surface area contributed by atoms with E-state index in [4.69, 9.17) is 4.74 Å². The van der Waals surface area contributed by atoms with Gasteiger partial charge in [-0.05, 0) is 6.42 Å². The van der Waals surface area contributed by atoms with E-state index in [-0.39, 0.29) is 11.9 Å². The third-order valence-corrected chi connectivity index (χ3v) is 3.28. The van der Waals surface area contributed by atoms with Crippen molar-refractivity contribution < 1.29 is 9.53 Å². The fourth-order valence-electron chi connectivity index (χ4n) is 2.50. The predicted molar refractivity (Wildman–Crippen MR) is 52.9 cm³/mol. The van der Waals surface area contributed by atoms with Gasteiger partial charge in [-0.1, -0.05) is 6.92 Å². The molecule has 0 amide bonds. The van der Waals surface area contributed by atoms with Crippen LogP contribution in [0.1, 0.15) is 13.3 Å². The smallest absolute Gasteiger partial charge is 0.309 e. The number of piperazine rings is 1. The quantitative estimate of drug-likeness (QED) is 0.640. The maximum atomic E-state index is 11.2. The van der Waals surface area contributed by atoms with E-state index in [0.717, 1.165) is 19.6 Å². The number of carbonyl (C=O) groups excluding carboxylic acids is 1. The van der Waals surface area contributed by atoms with Crippen molar-refractivity contribution in [2.24, 2.45) is 5.92 Å². The first kappa shape index (κ1) is 9.93. The average Bonchev–Trinajstić information content (AvgIpc) is 2.77. The van der Waals surface area contributed by atoms with Crippen LogP contribution in [-0.2, 0) is 9.53 Å². The SMILES string of the molecule is COC(=O)C(C)CN1CC2CC1CN2. The van der Waals surface area contributed by atoms with Gasteiger partial charge in [0.05, 0.1) is 13.0 Å². The maximum absolute atomic E-state index is 11.2. The molecule has 2 fully saturated rings. The summed E-state index contributed by atoms with van der Waals surface area (Å²) in [7, 11) is 1.45. The number of fused-ring (bicyclic) bond motifs is 2. The van der Waals surface area contributed by atoms with E-state index < -0.39 is 0 Å². The minimum absolute atomic E-state index is 0.000602. The molecule has 3 unspecified atom stereocenters. The second-order valence-electron chi connectivity index (χ2n) is 4.37. The van der Waals surface area contributed by atoms with E-state index in [1.54, 1.807) is 0 Å². The largest absolute Gasteiger partial charge is 0.469 e. The molecule has 0 spiro atoms. The Hall–Kier alpha value is -0.610.